The Labute approximate surface area is 160 Å². The number of ether oxygens (including phenoxy) is 1. The quantitative estimate of drug-likeness (QED) is 0.240. The Morgan fingerprint density at radius 3 is 2.62 bits per heavy atom. The third-order valence-corrected chi connectivity index (χ3v) is 4.98. The number of aliphatic imine (C=N–C) groups is 1. The van der Waals surface area contributed by atoms with Gasteiger partial charge in [0.05, 0.1) is 11.0 Å². The number of rotatable bonds is 7. The fraction of sp³-hybridized carbons (Fsp3) is 0.533. The van der Waals surface area contributed by atoms with Crippen molar-refractivity contribution < 1.29 is 13.2 Å². The lowest BCUT2D eigenvalue weighted by molar-refractivity contribution is 0.114. The molecule has 0 spiro atoms. The summed E-state index contributed by atoms with van der Waals surface area (Å²) in [5, 5.41) is 6.25. The lowest BCUT2D eigenvalue weighted by Crippen LogP contribution is -2.43. The van der Waals surface area contributed by atoms with Gasteiger partial charge in [-0.25, -0.2) is 13.1 Å². The molecule has 0 bridgehead atoms. The first-order valence-electron chi connectivity index (χ1n) is 7.72. The summed E-state index contributed by atoms with van der Waals surface area (Å²) in [6.07, 6.45) is 2.38. The zero-order chi connectivity index (χ0) is 16.5. The summed E-state index contributed by atoms with van der Waals surface area (Å²) in [5.41, 5.74) is 0. The van der Waals surface area contributed by atoms with Crippen LogP contribution < -0.4 is 15.4 Å². The van der Waals surface area contributed by atoms with Gasteiger partial charge in [0.15, 0.2) is 5.96 Å². The fourth-order valence-corrected chi connectivity index (χ4v) is 3.34. The van der Waals surface area contributed by atoms with Gasteiger partial charge in [-0.3, -0.25) is 4.99 Å². The number of nitrogens with one attached hydrogen (secondary N) is 3. The Hall–Kier alpha value is -0.910. The summed E-state index contributed by atoms with van der Waals surface area (Å²) in [4.78, 5) is 4.37. The molecule has 1 atom stereocenters. The molecule has 0 radical (unpaired) electrons. The average Bonchev–Trinajstić information content (AvgIpc) is 3.08. The highest BCUT2D eigenvalue weighted by Gasteiger charge is 2.15. The molecule has 7 nitrogen and oxygen atoms in total. The van der Waals surface area contributed by atoms with Gasteiger partial charge < -0.3 is 15.4 Å². The molecule has 0 saturated carbocycles. The van der Waals surface area contributed by atoms with Gasteiger partial charge in [-0.15, -0.1) is 24.0 Å². The number of guanidine groups is 1. The Bertz CT molecular complexity index is 604. The molecule has 1 aliphatic heterocycles. The minimum absolute atomic E-state index is 0. The highest BCUT2D eigenvalue weighted by atomic mass is 127. The van der Waals surface area contributed by atoms with Crippen LogP contribution in [0.25, 0.3) is 0 Å². The number of nitrogens with zero attached hydrogens (tertiary/aromatic N) is 1. The van der Waals surface area contributed by atoms with Crippen LogP contribution in [0.5, 0.6) is 0 Å². The number of hydrogen-bond donors (Lipinski definition) is 3. The van der Waals surface area contributed by atoms with Crippen molar-refractivity contribution in [3.8, 4) is 0 Å². The molecule has 2 rings (SSSR count). The highest BCUT2D eigenvalue weighted by molar-refractivity contribution is 14.0. The second kappa shape index (κ2) is 10.9. The molecule has 1 fully saturated rings. The van der Waals surface area contributed by atoms with Crippen LogP contribution in [0.4, 0.5) is 0 Å². The van der Waals surface area contributed by atoms with Gasteiger partial charge in [0, 0.05) is 33.3 Å². The molecule has 0 aliphatic carbocycles. The molecular formula is C15H25IN4O3S. The number of hydrogen-bond acceptors (Lipinski definition) is 4. The first-order chi connectivity index (χ1) is 11.1. The molecule has 24 heavy (non-hydrogen) atoms. The van der Waals surface area contributed by atoms with Crippen LogP contribution in [-0.4, -0.2) is 53.8 Å². The van der Waals surface area contributed by atoms with Crippen molar-refractivity contribution in [2.75, 3.05) is 33.3 Å². The maximum atomic E-state index is 12.0. The van der Waals surface area contributed by atoms with Gasteiger partial charge in [-0.2, -0.15) is 0 Å². The van der Waals surface area contributed by atoms with Gasteiger partial charge >= 0.3 is 0 Å². The maximum absolute atomic E-state index is 12.0. The predicted octanol–water partition coefficient (Wildman–Crippen LogP) is 0.927. The molecular weight excluding hydrogens is 443 g/mol. The predicted molar refractivity (Wildman–Crippen MR) is 105 cm³/mol. The van der Waals surface area contributed by atoms with E-state index in [2.05, 4.69) is 20.3 Å². The summed E-state index contributed by atoms with van der Waals surface area (Å²) in [7, 11) is -1.78. The van der Waals surface area contributed by atoms with Crippen LogP contribution in [0, 0.1) is 0 Å². The van der Waals surface area contributed by atoms with Crippen molar-refractivity contribution in [2.24, 2.45) is 4.99 Å². The summed E-state index contributed by atoms with van der Waals surface area (Å²) in [5.74, 6) is 0.638. The minimum Gasteiger partial charge on any atom is -0.376 e. The smallest absolute Gasteiger partial charge is 0.240 e. The molecule has 0 amide bonds. The molecule has 1 aromatic rings. The molecule has 136 valence electrons. The summed E-state index contributed by atoms with van der Waals surface area (Å²) < 4.78 is 32.2. The van der Waals surface area contributed by atoms with Crippen LogP contribution >= 0.6 is 24.0 Å². The SMILES string of the molecule is CN=C(NCCNS(=O)(=O)c1ccccc1)NCC1CCCO1.I. The topological polar surface area (TPSA) is 91.8 Å². The van der Waals surface area contributed by atoms with E-state index in [9.17, 15) is 8.42 Å². The first-order valence-corrected chi connectivity index (χ1v) is 9.21. The standard InChI is InChI=1S/C15H24N4O3S.HI/c1-16-15(18-12-13-6-5-11-22-13)17-9-10-19-23(20,21)14-7-3-2-4-8-14;/h2-4,7-8,13,19H,5-6,9-12H2,1H3,(H2,16,17,18);1H. The minimum atomic E-state index is -3.46. The maximum Gasteiger partial charge on any atom is 0.240 e. The summed E-state index contributed by atoms with van der Waals surface area (Å²) in [6.45, 7) is 2.24. The van der Waals surface area contributed by atoms with Gasteiger partial charge in [0.1, 0.15) is 0 Å². The molecule has 3 N–H and O–H groups in total. The third kappa shape index (κ3) is 6.91. The largest absolute Gasteiger partial charge is 0.376 e. The molecule has 1 aromatic carbocycles. The molecule has 9 heteroatoms. The zero-order valence-electron chi connectivity index (χ0n) is 13.7. The normalized spacial score (nSPS) is 18.0. The van der Waals surface area contributed by atoms with E-state index in [1.165, 1.54) is 0 Å². The summed E-state index contributed by atoms with van der Waals surface area (Å²) in [6, 6.07) is 8.31. The molecule has 1 heterocycles. The van der Waals surface area contributed by atoms with Crippen LogP contribution in [0.3, 0.4) is 0 Å². The summed E-state index contributed by atoms with van der Waals surface area (Å²) >= 11 is 0. The van der Waals surface area contributed by atoms with E-state index >= 15 is 0 Å². The van der Waals surface area contributed by atoms with Crippen molar-refractivity contribution in [1.29, 1.82) is 0 Å². The average molecular weight is 468 g/mol. The van der Waals surface area contributed by atoms with Crippen LogP contribution in [0.15, 0.2) is 40.2 Å². The number of benzene rings is 1. The van der Waals surface area contributed by atoms with Gasteiger partial charge in [0.25, 0.3) is 0 Å². The van der Waals surface area contributed by atoms with Gasteiger partial charge in [-0.1, -0.05) is 18.2 Å². The highest BCUT2D eigenvalue weighted by Crippen LogP contribution is 2.10. The van der Waals surface area contributed by atoms with Crippen LogP contribution in [0.2, 0.25) is 0 Å². The van der Waals surface area contributed by atoms with Crippen LogP contribution in [0.1, 0.15) is 12.8 Å². The van der Waals surface area contributed by atoms with Crippen molar-refractivity contribution in [3.05, 3.63) is 30.3 Å². The van der Waals surface area contributed by atoms with Crippen molar-refractivity contribution in [2.45, 2.75) is 23.8 Å². The van der Waals surface area contributed by atoms with Crippen molar-refractivity contribution in [1.82, 2.24) is 15.4 Å². The zero-order valence-corrected chi connectivity index (χ0v) is 16.8. The molecule has 1 unspecified atom stereocenters. The molecule has 1 saturated heterocycles. The Morgan fingerprint density at radius 1 is 1.25 bits per heavy atom. The van der Waals surface area contributed by atoms with E-state index in [4.69, 9.17) is 4.74 Å². The van der Waals surface area contributed by atoms with Crippen LogP contribution in [-0.2, 0) is 14.8 Å². The van der Waals surface area contributed by atoms with E-state index in [1.807, 2.05) is 0 Å². The number of halogens is 1. The Kier molecular flexibility index (Phi) is 9.56. The van der Waals surface area contributed by atoms with E-state index in [1.54, 1.807) is 37.4 Å². The van der Waals surface area contributed by atoms with Gasteiger partial charge in [0.2, 0.25) is 10.0 Å². The fourth-order valence-electron chi connectivity index (χ4n) is 2.29. The van der Waals surface area contributed by atoms with E-state index in [0.29, 0.717) is 19.0 Å². The Morgan fingerprint density at radius 2 is 2.00 bits per heavy atom. The Balaban J connectivity index is 0.00000288. The second-order valence-corrected chi connectivity index (χ2v) is 6.99. The number of sulfonamides is 1. The van der Waals surface area contributed by atoms with E-state index in [0.717, 1.165) is 19.4 Å². The lowest BCUT2D eigenvalue weighted by Gasteiger charge is -2.15. The van der Waals surface area contributed by atoms with Gasteiger partial charge in [-0.05, 0) is 25.0 Å². The second-order valence-electron chi connectivity index (χ2n) is 5.23. The molecule has 1 aliphatic rings. The van der Waals surface area contributed by atoms with E-state index < -0.39 is 10.0 Å². The third-order valence-electron chi connectivity index (χ3n) is 3.51. The van der Waals surface area contributed by atoms with Crippen molar-refractivity contribution in [3.63, 3.8) is 0 Å². The van der Waals surface area contributed by atoms with Crippen molar-refractivity contribution >= 4 is 40.0 Å². The monoisotopic (exact) mass is 468 g/mol. The first kappa shape index (κ1) is 21.1. The molecule has 0 aromatic heterocycles. The van der Waals surface area contributed by atoms with E-state index in [-0.39, 0.29) is 41.5 Å². The lowest BCUT2D eigenvalue weighted by atomic mass is 10.2.